The molecule has 1 fully saturated rings. The van der Waals surface area contributed by atoms with E-state index in [4.69, 9.17) is 10.5 Å². The number of sulfonamides is 1. The van der Waals surface area contributed by atoms with Crippen LogP contribution in [-0.4, -0.2) is 27.2 Å². The maximum atomic E-state index is 13.6. The Hall–Kier alpha value is -1.18. The summed E-state index contributed by atoms with van der Waals surface area (Å²) in [7, 11) is -3.76. The smallest absolute Gasteiger partial charge is 0.241 e. The number of rotatable bonds is 5. The van der Waals surface area contributed by atoms with Crippen molar-refractivity contribution >= 4 is 15.7 Å². The number of hydrogen-bond donors (Lipinski definition) is 2. The second kappa shape index (κ2) is 5.67. The van der Waals surface area contributed by atoms with Gasteiger partial charge in [0.1, 0.15) is 5.82 Å². The molecule has 1 aromatic rings. The lowest BCUT2D eigenvalue weighted by atomic mass is 9.90. The molecule has 0 spiro atoms. The Morgan fingerprint density at radius 1 is 1.45 bits per heavy atom. The number of benzene rings is 1. The van der Waals surface area contributed by atoms with E-state index in [1.807, 2.05) is 6.92 Å². The fourth-order valence-corrected chi connectivity index (χ4v) is 3.82. The molecule has 0 aliphatic heterocycles. The quantitative estimate of drug-likeness (QED) is 0.809. The third-order valence-electron chi connectivity index (χ3n) is 3.43. The summed E-state index contributed by atoms with van der Waals surface area (Å²) >= 11 is 0. The lowest BCUT2D eigenvalue weighted by Gasteiger charge is -2.35. The van der Waals surface area contributed by atoms with Crippen molar-refractivity contribution in [1.82, 2.24) is 4.72 Å². The normalized spacial score (nSPS) is 22.6. The van der Waals surface area contributed by atoms with Gasteiger partial charge in [0.05, 0.1) is 11.0 Å². The lowest BCUT2D eigenvalue weighted by molar-refractivity contribution is -0.00476. The fourth-order valence-electron chi connectivity index (χ4n) is 2.27. The predicted octanol–water partition coefficient (Wildman–Crippen LogP) is 1.56. The Morgan fingerprint density at radius 2 is 2.10 bits per heavy atom. The Kier molecular flexibility index (Phi) is 4.31. The van der Waals surface area contributed by atoms with Gasteiger partial charge in [0.2, 0.25) is 10.0 Å². The highest BCUT2D eigenvalue weighted by Gasteiger charge is 2.33. The topological polar surface area (TPSA) is 81.4 Å². The SMILES string of the molecule is CCOC1CC(NS(=O)(=O)c2cc(N)cc(F)c2C)C1. The van der Waals surface area contributed by atoms with E-state index < -0.39 is 15.8 Å². The second-order valence-corrected chi connectivity index (χ2v) is 6.68. The first-order valence-electron chi connectivity index (χ1n) is 6.53. The highest BCUT2D eigenvalue weighted by Crippen LogP contribution is 2.27. The molecular weight excluding hydrogens is 283 g/mol. The standard InChI is InChI=1S/C13H19FN2O3S/c1-3-19-11-6-10(7-11)16-20(17,18)13-5-9(15)4-12(14)8(13)2/h4-5,10-11,16H,3,6-7,15H2,1-2H3. The number of nitrogens with two attached hydrogens (primary N) is 1. The number of nitrogen functional groups attached to an aromatic ring is 1. The highest BCUT2D eigenvalue weighted by atomic mass is 32.2. The van der Waals surface area contributed by atoms with Crippen LogP contribution in [0.4, 0.5) is 10.1 Å². The predicted molar refractivity (Wildman–Crippen MR) is 74.3 cm³/mol. The molecule has 5 nitrogen and oxygen atoms in total. The molecule has 0 atom stereocenters. The van der Waals surface area contributed by atoms with Crippen molar-refractivity contribution in [2.45, 2.75) is 43.7 Å². The molecule has 1 aliphatic rings. The van der Waals surface area contributed by atoms with E-state index in [1.165, 1.54) is 13.0 Å². The van der Waals surface area contributed by atoms with Gasteiger partial charge in [-0.3, -0.25) is 0 Å². The third-order valence-corrected chi connectivity index (χ3v) is 5.07. The number of nitrogens with one attached hydrogen (secondary N) is 1. The van der Waals surface area contributed by atoms with Crippen LogP contribution in [0.2, 0.25) is 0 Å². The molecule has 2 rings (SSSR count). The van der Waals surface area contributed by atoms with E-state index in [-0.39, 0.29) is 28.3 Å². The fraction of sp³-hybridized carbons (Fsp3) is 0.538. The van der Waals surface area contributed by atoms with Gasteiger partial charge < -0.3 is 10.5 Å². The molecule has 1 aromatic carbocycles. The zero-order chi connectivity index (χ0) is 14.9. The van der Waals surface area contributed by atoms with Crippen molar-refractivity contribution in [2.24, 2.45) is 0 Å². The van der Waals surface area contributed by atoms with Crippen molar-refractivity contribution in [1.29, 1.82) is 0 Å². The molecule has 7 heteroatoms. The summed E-state index contributed by atoms with van der Waals surface area (Å²) < 4.78 is 46.0. The average Bonchev–Trinajstić information content (AvgIpc) is 2.31. The number of halogens is 1. The first-order valence-corrected chi connectivity index (χ1v) is 8.01. The van der Waals surface area contributed by atoms with Crippen LogP contribution >= 0.6 is 0 Å². The molecule has 0 bridgehead atoms. The largest absolute Gasteiger partial charge is 0.399 e. The van der Waals surface area contributed by atoms with Gasteiger partial charge in [-0.1, -0.05) is 0 Å². The Bertz CT molecular complexity index is 598. The Morgan fingerprint density at radius 3 is 2.70 bits per heavy atom. The zero-order valence-electron chi connectivity index (χ0n) is 11.5. The number of anilines is 1. The first kappa shape index (κ1) is 15.2. The summed E-state index contributed by atoms with van der Waals surface area (Å²) in [6.45, 7) is 3.94. The molecule has 112 valence electrons. The van der Waals surface area contributed by atoms with Crippen LogP contribution in [0.25, 0.3) is 0 Å². The minimum Gasteiger partial charge on any atom is -0.399 e. The minimum absolute atomic E-state index is 0.0763. The van der Waals surface area contributed by atoms with E-state index in [2.05, 4.69) is 4.72 Å². The summed E-state index contributed by atoms with van der Waals surface area (Å²) in [6.07, 6.45) is 1.37. The van der Waals surface area contributed by atoms with Gasteiger partial charge in [0, 0.05) is 23.9 Å². The van der Waals surface area contributed by atoms with Gasteiger partial charge in [0.25, 0.3) is 0 Å². The molecule has 20 heavy (non-hydrogen) atoms. The lowest BCUT2D eigenvalue weighted by Crippen LogP contribution is -2.47. The molecule has 0 unspecified atom stereocenters. The molecule has 3 N–H and O–H groups in total. The zero-order valence-corrected chi connectivity index (χ0v) is 12.3. The summed E-state index contributed by atoms with van der Waals surface area (Å²) in [5.41, 5.74) is 5.68. The molecule has 0 saturated heterocycles. The van der Waals surface area contributed by atoms with Crippen molar-refractivity contribution in [3.63, 3.8) is 0 Å². The first-order chi connectivity index (χ1) is 9.33. The van der Waals surface area contributed by atoms with Crippen LogP contribution < -0.4 is 10.5 Å². The van der Waals surface area contributed by atoms with E-state index in [0.717, 1.165) is 6.07 Å². The summed E-state index contributed by atoms with van der Waals surface area (Å²) in [4.78, 5) is -0.102. The molecule has 1 aliphatic carbocycles. The van der Waals surface area contributed by atoms with Crippen LogP contribution in [0.5, 0.6) is 0 Å². The van der Waals surface area contributed by atoms with Crippen molar-refractivity contribution in [3.8, 4) is 0 Å². The average molecular weight is 302 g/mol. The Balaban J connectivity index is 2.12. The van der Waals surface area contributed by atoms with E-state index >= 15 is 0 Å². The number of ether oxygens (including phenoxy) is 1. The van der Waals surface area contributed by atoms with Gasteiger partial charge >= 0.3 is 0 Å². The molecule has 0 amide bonds. The number of hydrogen-bond acceptors (Lipinski definition) is 4. The van der Waals surface area contributed by atoms with E-state index in [9.17, 15) is 12.8 Å². The molecular formula is C13H19FN2O3S. The summed E-state index contributed by atoms with van der Waals surface area (Å²) in [5, 5.41) is 0. The van der Waals surface area contributed by atoms with Crippen molar-refractivity contribution in [3.05, 3.63) is 23.5 Å². The summed E-state index contributed by atoms with van der Waals surface area (Å²) in [5.74, 6) is -0.619. The van der Waals surface area contributed by atoms with Crippen molar-refractivity contribution in [2.75, 3.05) is 12.3 Å². The van der Waals surface area contributed by atoms with Crippen LogP contribution in [0.3, 0.4) is 0 Å². The third kappa shape index (κ3) is 3.11. The molecule has 0 radical (unpaired) electrons. The van der Waals surface area contributed by atoms with Crippen LogP contribution in [0.1, 0.15) is 25.3 Å². The van der Waals surface area contributed by atoms with Gasteiger partial charge in [0.15, 0.2) is 0 Å². The Labute approximate surface area is 118 Å². The molecule has 0 aromatic heterocycles. The van der Waals surface area contributed by atoms with Gasteiger partial charge in [-0.15, -0.1) is 0 Å². The van der Waals surface area contributed by atoms with Gasteiger partial charge in [-0.2, -0.15) is 0 Å². The van der Waals surface area contributed by atoms with Gasteiger partial charge in [-0.05, 0) is 38.8 Å². The van der Waals surface area contributed by atoms with E-state index in [1.54, 1.807) is 0 Å². The second-order valence-electron chi connectivity index (χ2n) is 4.99. The van der Waals surface area contributed by atoms with E-state index in [0.29, 0.717) is 19.4 Å². The molecule has 1 saturated carbocycles. The minimum atomic E-state index is -3.76. The van der Waals surface area contributed by atoms with Crippen molar-refractivity contribution < 1.29 is 17.5 Å². The monoisotopic (exact) mass is 302 g/mol. The van der Waals surface area contributed by atoms with Gasteiger partial charge in [-0.25, -0.2) is 17.5 Å². The molecule has 0 heterocycles. The highest BCUT2D eigenvalue weighted by molar-refractivity contribution is 7.89. The van der Waals surface area contributed by atoms with Crippen LogP contribution in [0.15, 0.2) is 17.0 Å². The van der Waals surface area contributed by atoms with Crippen LogP contribution in [-0.2, 0) is 14.8 Å². The maximum Gasteiger partial charge on any atom is 0.241 e. The summed E-state index contributed by atoms with van der Waals surface area (Å²) in [6, 6.07) is 2.22. The maximum absolute atomic E-state index is 13.6. The van der Waals surface area contributed by atoms with Crippen LogP contribution in [0, 0.1) is 12.7 Å².